The summed E-state index contributed by atoms with van der Waals surface area (Å²) in [7, 11) is 0. The highest BCUT2D eigenvalue weighted by atomic mass is 16.2. The van der Waals surface area contributed by atoms with Gasteiger partial charge in [0.05, 0.1) is 6.04 Å². The fourth-order valence-corrected chi connectivity index (χ4v) is 2.80. The average Bonchev–Trinajstić information content (AvgIpc) is 2.89. The quantitative estimate of drug-likeness (QED) is 0.757. The van der Waals surface area contributed by atoms with Crippen molar-refractivity contribution in [2.45, 2.75) is 25.9 Å². The standard InChI is InChI=1S/C14H22N6O/c1-2-3-15-6-11-7-16-13(17-8-11)19-4-5-20-12(10-19)9-18-14(20)21/h7-8,12,15H,2-6,9-10H2,1H3,(H,18,21). The fraction of sp³-hybridized carbons (Fsp3) is 0.643. The molecule has 7 heteroatoms. The van der Waals surface area contributed by atoms with E-state index in [2.05, 4.69) is 32.4 Å². The molecule has 0 radical (unpaired) electrons. The van der Waals surface area contributed by atoms with Crippen LogP contribution in [0, 0.1) is 0 Å². The van der Waals surface area contributed by atoms with Gasteiger partial charge in [-0.15, -0.1) is 0 Å². The predicted octanol–water partition coefficient (Wildman–Crippen LogP) is 0.190. The number of urea groups is 1. The summed E-state index contributed by atoms with van der Waals surface area (Å²) in [5, 5.41) is 6.22. The molecule has 0 aromatic carbocycles. The van der Waals surface area contributed by atoms with Crippen LogP contribution in [0.2, 0.25) is 0 Å². The molecule has 1 aromatic rings. The van der Waals surface area contributed by atoms with Crippen molar-refractivity contribution in [1.82, 2.24) is 25.5 Å². The number of carbonyl (C=O) groups is 1. The third kappa shape index (κ3) is 3.07. The molecule has 2 aliphatic rings. The van der Waals surface area contributed by atoms with Crippen LogP contribution in [0.5, 0.6) is 0 Å². The highest BCUT2D eigenvalue weighted by molar-refractivity contribution is 5.77. The number of carbonyl (C=O) groups excluding carboxylic acids is 1. The number of nitrogens with zero attached hydrogens (tertiary/aromatic N) is 4. The predicted molar refractivity (Wildman–Crippen MR) is 80.1 cm³/mol. The first-order valence-electron chi connectivity index (χ1n) is 7.59. The van der Waals surface area contributed by atoms with Gasteiger partial charge in [-0.05, 0) is 13.0 Å². The molecule has 2 saturated heterocycles. The monoisotopic (exact) mass is 290 g/mol. The SMILES string of the molecule is CCCNCc1cnc(N2CCN3C(=O)NCC3C2)nc1. The van der Waals surface area contributed by atoms with Crippen LogP contribution in [0.25, 0.3) is 0 Å². The van der Waals surface area contributed by atoms with Crippen LogP contribution in [0.3, 0.4) is 0 Å². The summed E-state index contributed by atoms with van der Waals surface area (Å²) in [5.74, 6) is 0.758. The highest BCUT2D eigenvalue weighted by Gasteiger charge is 2.36. The van der Waals surface area contributed by atoms with E-state index in [1.165, 1.54) is 0 Å². The van der Waals surface area contributed by atoms with Crippen LogP contribution in [0.4, 0.5) is 10.7 Å². The fourth-order valence-electron chi connectivity index (χ4n) is 2.80. The molecule has 2 fully saturated rings. The zero-order valence-corrected chi connectivity index (χ0v) is 12.4. The maximum absolute atomic E-state index is 11.6. The van der Waals surface area contributed by atoms with Crippen molar-refractivity contribution < 1.29 is 4.79 Å². The Balaban J connectivity index is 1.58. The first-order valence-corrected chi connectivity index (χ1v) is 7.59. The number of hydrogen-bond donors (Lipinski definition) is 2. The molecule has 0 bridgehead atoms. The third-order valence-corrected chi connectivity index (χ3v) is 3.96. The van der Waals surface area contributed by atoms with Gasteiger partial charge >= 0.3 is 6.03 Å². The van der Waals surface area contributed by atoms with E-state index in [-0.39, 0.29) is 12.1 Å². The molecule has 2 amide bonds. The highest BCUT2D eigenvalue weighted by Crippen LogP contribution is 2.17. The zero-order chi connectivity index (χ0) is 14.7. The third-order valence-electron chi connectivity index (χ3n) is 3.96. The van der Waals surface area contributed by atoms with E-state index in [0.29, 0.717) is 6.54 Å². The number of fused-ring (bicyclic) bond motifs is 1. The topological polar surface area (TPSA) is 73.4 Å². The molecule has 0 saturated carbocycles. The Morgan fingerprint density at radius 3 is 2.95 bits per heavy atom. The number of rotatable bonds is 5. The van der Waals surface area contributed by atoms with Crippen molar-refractivity contribution in [3.8, 4) is 0 Å². The van der Waals surface area contributed by atoms with Crippen LogP contribution in [0.1, 0.15) is 18.9 Å². The minimum Gasteiger partial charge on any atom is -0.337 e. The number of anilines is 1. The van der Waals surface area contributed by atoms with Gasteiger partial charge < -0.3 is 20.4 Å². The van der Waals surface area contributed by atoms with Gasteiger partial charge in [0, 0.05) is 50.7 Å². The molecule has 0 spiro atoms. The van der Waals surface area contributed by atoms with Crippen LogP contribution < -0.4 is 15.5 Å². The van der Waals surface area contributed by atoms with Crippen LogP contribution >= 0.6 is 0 Å². The van der Waals surface area contributed by atoms with Crippen molar-refractivity contribution in [3.63, 3.8) is 0 Å². The Morgan fingerprint density at radius 1 is 1.38 bits per heavy atom. The molecule has 21 heavy (non-hydrogen) atoms. The second kappa shape index (κ2) is 6.26. The van der Waals surface area contributed by atoms with Crippen molar-refractivity contribution in [2.24, 2.45) is 0 Å². The Hall–Kier alpha value is -1.89. The molecular formula is C14H22N6O. The van der Waals surface area contributed by atoms with E-state index in [0.717, 1.165) is 50.7 Å². The van der Waals surface area contributed by atoms with Gasteiger partial charge in [-0.2, -0.15) is 0 Å². The molecule has 2 aliphatic heterocycles. The Morgan fingerprint density at radius 2 is 2.19 bits per heavy atom. The summed E-state index contributed by atoms with van der Waals surface area (Å²) in [5.41, 5.74) is 1.10. The maximum atomic E-state index is 11.6. The smallest absolute Gasteiger partial charge is 0.317 e. The lowest BCUT2D eigenvalue weighted by atomic mass is 10.2. The first kappa shape index (κ1) is 14.1. The number of amides is 2. The van der Waals surface area contributed by atoms with Gasteiger partial charge in [-0.3, -0.25) is 0 Å². The van der Waals surface area contributed by atoms with Gasteiger partial charge in [-0.1, -0.05) is 6.92 Å². The zero-order valence-electron chi connectivity index (χ0n) is 12.4. The van der Waals surface area contributed by atoms with Gasteiger partial charge in [0.2, 0.25) is 5.95 Å². The van der Waals surface area contributed by atoms with Crippen LogP contribution in [0.15, 0.2) is 12.4 Å². The molecule has 1 unspecified atom stereocenters. The summed E-state index contributed by atoms with van der Waals surface area (Å²) in [6.45, 7) is 7.00. The molecule has 1 atom stereocenters. The Bertz CT molecular complexity index is 491. The van der Waals surface area contributed by atoms with Crippen LogP contribution in [-0.4, -0.2) is 59.7 Å². The summed E-state index contributed by atoms with van der Waals surface area (Å²) in [4.78, 5) is 24.6. The molecule has 3 rings (SSSR count). The minimum absolute atomic E-state index is 0.0536. The lowest BCUT2D eigenvalue weighted by molar-refractivity contribution is 0.197. The molecule has 3 heterocycles. The summed E-state index contributed by atoms with van der Waals surface area (Å²) in [6, 6.07) is 0.290. The molecule has 7 nitrogen and oxygen atoms in total. The molecular weight excluding hydrogens is 268 g/mol. The largest absolute Gasteiger partial charge is 0.337 e. The first-order chi connectivity index (χ1) is 10.3. The van der Waals surface area contributed by atoms with Crippen molar-refractivity contribution in [3.05, 3.63) is 18.0 Å². The molecule has 0 aliphatic carbocycles. The Labute approximate surface area is 124 Å². The number of nitrogens with one attached hydrogen (secondary N) is 2. The van der Waals surface area contributed by atoms with E-state index in [1.54, 1.807) is 0 Å². The van der Waals surface area contributed by atoms with Gasteiger partial charge in [0.1, 0.15) is 0 Å². The van der Waals surface area contributed by atoms with E-state index in [1.807, 2.05) is 17.3 Å². The number of hydrogen-bond acceptors (Lipinski definition) is 5. The normalized spacial score (nSPS) is 21.4. The summed E-state index contributed by atoms with van der Waals surface area (Å²) < 4.78 is 0. The van der Waals surface area contributed by atoms with E-state index in [4.69, 9.17) is 0 Å². The second-order valence-electron chi connectivity index (χ2n) is 5.55. The summed E-state index contributed by atoms with van der Waals surface area (Å²) >= 11 is 0. The van der Waals surface area contributed by atoms with Crippen molar-refractivity contribution in [2.75, 3.05) is 37.6 Å². The van der Waals surface area contributed by atoms with Crippen molar-refractivity contribution in [1.29, 1.82) is 0 Å². The lowest BCUT2D eigenvalue weighted by Crippen LogP contribution is -2.52. The summed E-state index contributed by atoms with van der Waals surface area (Å²) in [6.07, 6.45) is 4.89. The molecule has 2 N–H and O–H groups in total. The van der Waals surface area contributed by atoms with Crippen LogP contribution in [-0.2, 0) is 6.54 Å². The number of piperazine rings is 1. The second-order valence-corrected chi connectivity index (χ2v) is 5.55. The van der Waals surface area contributed by atoms with Gasteiger partial charge in [0.15, 0.2) is 0 Å². The average molecular weight is 290 g/mol. The van der Waals surface area contributed by atoms with E-state index >= 15 is 0 Å². The molecule has 114 valence electrons. The van der Waals surface area contributed by atoms with E-state index < -0.39 is 0 Å². The number of aromatic nitrogens is 2. The van der Waals surface area contributed by atoms with Gasteiger partial charge in [-0.25, -0.2) is 14.8 Å². The van der Waals surface area contributed by atoms with E-state index in [9.17, 15) is 4.79 Å². The minimum atomic E-state index is 0.0536. The Kier molecular flexibility index (Phi) is 4.19. The van der Waals surface area contributed by atoms with Crippen molar-refractivity contribution >= 4 is 12.0 Å². The maximum Gasteiger partial charge on any atom is 0.317 e. The van der Waals surface area contributed by atoms with Gasteiger partial charge in [0.25, 0.3) is 0 Å². The molecule has 1 aromatic heterocycles. The lowest BCUT2D eigenvalue weighted by Gasteiger charge is -2.36.